The topological polar surface area (TPSA) is 46.2 Å². The normalized spacial score (nSPS) is 12.5. The molecule has 1 atom stereocenters. The highest BCUT2D eigenvalue weighted by atomic mass is 19.1. The first-order chi connectivity index (χ1) is 6.15. The van der Waals surface area contributed by atoms with Crippen LogP contribution in [0, 0.1) is 5.82 Å². The molecule has 13 heavy (non-hydrogen) atoms. The molecule has 1 aromatic rings. The fourth-order valence-electron chi connectivity index (χ4n) is 1.13. The molecule has 0 aromatic heterocycles. The molecule has 0 aliphatic heterocycles. The van der Waals surface area contributed by atoms with E-state index < -0.39 is 11.9 Å². The number of nitrogens with two attached hydrogens (primary N) is 1. The Balaban J connectivity index is 2.97. The van der Waals surface area contributed by atoms with Crippen LogP contribution in [0.2, 0.25) is 0 Å². The van der Waals surface area contributed by atoms with E-state index >= 15 is 0 Å². The predicted molar refractivity (Wildman–Crippen MR) is 49.8 cm³/mol. The Morgan fingerprint density at radius 3 is 2.92 bits per heavy atom. The quantitative estimate of drug-likeness (QED) is 0.701. The zero-order valence-corrected chi connectivity index (χ0v) is 7.20. The molecular formula is C10H12FNO. The average Bonchev–Trinajstić information content (AvgIpc) is 2.09. The first kappa shape index (κ1) is 9.74. The molecule has 0 bridgehead atoms. The summed E-state index contributed by atoms with van der Waals surface area (Å²) in [5, 5.41) is 9.35. The van der Waals surface area contributed by atoms with Crippen LogP contribution >= 0.6 is 0 Å². The van der Waals surface area contributed by atoms with Crippen LogP contribution in [0.15, 0.2) is 30.9 Å². The zero-order valence-electron chi connectivity index (χ0n) is 7.20. The molecule has 0 fully saturated rings. The molecule has 70 valence electrons. The summed E-state index contributed by atoms with van der Waals surface area (Å²) >= 11 is 0. The summed E-state index contributed by atoms with van der Waals surface area (Å²) in [5.74, 6) is -0.372. The molecule has 0 amide bonds. The third kappa shape index (κ3) is 2.29. The summed E-state index contributed by atoms with van der Waals surface area (Å²) in [4.78, 5) is 0. The van der Waals surface area contributed by atoms with E-state index in [0.717, 1.165) is 0 Å². The van der Waals surface area contributed by atoms with Crippen LogP contribution < -0.4 is 5.73 Å². The predicted octanol–water partition coefficient (Wildman–Crippen LogP) is 2.11. The Hall–Kier alpha value is -1.35. The van der Waals surface area contributed by atoms with Crippen LogP contribution in [0.5, 0.6) is 5.75 Å². The summed E-state index contributed by atoms with van der Waals surface area (Å²) in [6.07, 6.45) is 2.14. The number of rotatable bonds is 3. The highest BCUT2D eigenvalue weighted by Gasteiger charge is 2.09. The van der Waals surface area contributed by atoms with Crippen LogP contribution in [0.25, 0.3) is 0 Å². The maximum absolute atomic E-state index is 12.8. The van der Waals surface area contributed by atoms with E-state index in [-0.39, 0.29) is 5.75 Å². The number of halogens is 1. The van der Waals surface area contributed by atoms with Gasteiger partial charge in [0.05, 0.1) is 0 Å². The van der Waals surface area contributed by atoms with Gasteiger partial charge in [0.25, 0.3) is 0 Å². The van der Waals surface area contributed by atoms with E-state index in [1.165, 1.54) is 18.2 Å². The number of phenolic OH excluding ortho intramolecular Hbond substituents is 1. The molecule has 0 aliphatic rings. The summed E-state index contributed by atoms with van der Waals surface area (Å²) < 4.78 is 12.8. The summed E-state index contributed by atoms with van der Waals surface area (Å²) in [7, 11) is 0. The van der Waals surface area contributed by atoms with Gasteiger partial charge in [0.2, 0.25) is 0 Å². The van der Waals surface area contributed by atoms with E-state index in [2.05, 4.69) is 6.58 Å². The van der Waals surface area contributed by atoms with Gasteiger partial charge in [-0.25, -0.2) is 4.39 Å². The van der Waals surface area contributed by atoms with E-state index in [0.29, 0.717) is 12.0 Å². The molecular weight excluding hydrogens is 169 g/mol. The highest BCUT2D eigenvalue weighted by Crippen LogP contribution is 2.25. The minimum absolute atomic E-state index is 0.0238. The molecule has 0 saturated carbocycles. The van der Waals surface area contributed by atoms with Gasteiger partial charge in [-0.2, -0.15) is 0 Å². The highest BCUT2D eigenvalue weighted by molar-refractivity contribution is 5.35. The third-order valence-electron chi connectivity index (χ3n) is 1.81. The van der Waals surface area contributed by atoms with Gasteiger partial charge in [0.1, 0.15) is 11.6 Å². The van der Waals surface area contributed by atoms with Crippen molar-refractivity contribution in [2.45, 2.75) is 12.5 Å². The maximum Gasteiger partial charge on any atom is 0.123 e. The monoisotopic (exact) mass is 181 g/mol. The van der Waals surface area contributed by atoms with Crippen molar-refractivity contribution in [3.8, 4) is 5.75 Å². The number of benzene rings is 1. The van der Waals surface area contributed by atoms with Crippen molar-refractivity contribution in [1.29, 1.82) is 0 Å². The lowest BCUT2D eigenvalue weighted by Gasteiger charge is -2.11. The van der Waals surface area contributed by atoms with Crippen LogP contribution in [-0.4, -0.2) is 5.11 Å². The molecule has 1 rings (SSSR count). The summed E-state index contributed by atoms with van der Waals surface area (Å²) in [6, 6.07) is 3.34. The fraction of sp³-hybridized carbons (Fsp3) is 0.200. The van der Waals surface area contributed by atoms with Gasteiger partial charge in [0.15, 0.2) is 0 Å². The van der Waals surface area contributed by atoms with Gasteiger partial charge in [-0.1, -0.05) is 6.08 Å². The number of phenols is 1. The average molecular weight is 181 g/mol. The second-order valence-electron chi connectivity index (χ2n) is 2.83. The summed E-state index contributed by atoms with van der Waals surface area (Å²) in [6.45, 7) is 3.52. The fourth-order valence-corrected chi connectivity index (χ4v) is 1.13. The Labute approximate surface area is 76.5 Å². The molecule has 0 saturated heterocycles. The molecule has 1 aromatic carbocycles. The number of aromatic hydroxyl groups is 1. The van der Waals surface area contributed by atoms with Crippen molar-refractivity contribution in [1.82, 2.24) is 0 Å². The van der Waals surface area contributed by atoms with Crippen molar-refractivity contribution >= 4 is 0 Å². The second-order valence-corrected chi connectivity index (χ2v) is 2.83. The van der Waals surface area contributed by atoms with Crippen molar-refractivity contribution in [2.24, 2.45) is 5.73 Å². The van der Waals surface area contributed by atoms with Gasteiger partial charge in [-0.3, -0.25) is 0 Å². The van der Waals surface area contributed by atoms with Gasteiger partial charge >= 0.3 is 0 Å². The molecule has 3 heteroatoms. The molecule has 0 radical (unpaired) electrons. The van der Waals surface area contributed by atoms with Gasteiger partial charge in [0, 0.05) is 11.6 Å². The molecule has 0 unspecified atom stereocenters. The van der Waals surface area contributed by atoms with Crippen molar-refractivity contribution in [3.63, 3.8) is 0 Å². The number of hydrogen-bond donors (Lipinski definition) is 2. The van der Waals surface area contributed by atoms with Gasteiger partial charge < -0.3 is 10.8 Å². The Morgan fingerprint density at radius 1 is 1.62 bits per heavy atom. The zero-order chi connectivity index (χ0) is 9.84. The van der Waals surface area contributed by atoms with E-state index in [1.807, 2.05) is 0 Å². The van der Waals surface area contributed by atoms with Crippen molar-refractivity contribution in [3.05, 3.63) is 42.2 Å². The van der Waals surface area contributed by atoms with Crippen molar-refractivity contribution in [2.75, 3.05) is 0 Å². The molecule has 0 heterocycles. The molecule has 0 spiro atoms. The van der Waals surface area contributed by atoms with Crippen molar-refractivity contribution < 1.29 is 9.50 Å². The largest absolute Gasteiger partial charge is 0.508 e. The lowest BCUT2D eigenvalue weighted by Crippen LogP contribution is -2.09. The Morgan fingerprint density at radius 2 is 2.31 bits per heavy atom. The third-order valence-corrected chi connectivity index (χ3v) is 1.81. The molecule has 0 aliphatic carbocycles. The van der Waals surface area contributed by atoms with Crippen LogP contribution in [0.4, 0.5) is 4.39 Å². The molecule has 3 N–H and O–H groups in total. The van der Waals surface area contributed by atoms with Crippen LogP contribution in [0.1, 0.15) is 18.0 Å². The SMILES string of the molecule is C=CC[C@@H](N)c1cc(F)ccc1O. The Kier molecular flexibility index (Phi) is 3.03. The first-order valence-electron chi connectivity index (χ1n) is 4.00. The van der Waals surface area contributed by atoms with Crippen LogP contribution in [-0.2, 0) is 0 Å². The number of hydrogen-bond acceptors (Lipinski definition) is 2. The first-order valence-corrected chi connectivity index (χ1v) is 4.00. The van der Waals surface area contributed by atoms with Crippen LogP contribution in [0.3, 0.4) is 0 Å². The van der Waals surface area contributed by atoms with E-state index in [9.17, 15) is 9.50 Å². The lowest BCUT2D eigenvalue weighted by atomic mass is 10.0. The minimum Gasteiger partial charge on any atom is -0.508 e. The van der Waals surface area contributed by atoms with Gasteiger partial charge in [-0.15, -0.1) is 6.58 Å². The minimum atomic E-state index is -0.396. The van der Waals surface area contributed by atoms with E-state index in [1.54, 1.807) is 6.08 Å². The molecule has 2 nitrogen and oxygen atoms in total. The van der Waals surface area contributed by atoms with E-state index in [4.69, 9.17) is 5.73 Å². The standard InChI is InChI=1S/C10H12FNO/c1-2-3-9(12)8-6-7(11)4-5-10(8)13/h2,4-6,9,13H,1,3,12H2/t9-/m1/s1. The maximum atomic E-state index is 12.8. The van der Waals surface area contributed by atoms with Gasteiger partial charge in [-0.05, 0) is 24.6 Å². The second kappa shape index (κ2) is 4.05. The lowest BCUT2D eigenvalue weighted by molar-refractivity contribution is 0.458. The smallest absolute Gasteiger partial charge is 0.123 e. The summed E-state index contributed by atoms with van der Waals surface area (Å²) in [5.41, 5.74) is 6.09. The Bertz CT molecular complexity index is 312.